The lowest BCUT2D eigenvalue weighted by Crippen LogP contribution is -2.55. The van der Waals surface area contributed by atoms with Crippen molar-refractivity contribution in [2.75, 3.05) is 26.3 Å². The van der Waals surface area contributed by atoms with Crippen LogP contribution >= 0.6 is 0 Å². The molecular weight excluding hydrogens is 250 g/mol. The number of rotatable bonds is 3. The average Bonchev–Trinajstić information content (AvgIpc) is 2.92. The Morgan fingerprint density at radius 2 is 2.16 bits per heavy atom. The third kappa shape index (κ3) is 3.57. The topological polar surface area (TPSA) is 93.9 Å². The maximum Gasteiger partial charge on any atom is 0.317 e. The van der Waals surface area contributed by atoms with Gasteiger partial charge < -0.3 is 25.4 Å². The second-order valence-corrected chi connectivity index (χ2v) is 5.00. The van der Waals surface area contributed by atoms with Gasteiger partial charge in [0, 0.05) is 13.2 Å². The molecule has 0 aromatic rings. The number of hydrogen-bond acceptors (Lipinski definition) is 4. The molecule has 0 aliphatic carbocycles. The summed E-state index contributed by atoms with van der Waals surface area (Å²) < 4.78 is 10.7. The van der Waals surface area contributed by atoms with Crippen molar-refractivity contribution in [3.05, 3.63) is 0 Å². The van der Waals surface area contributed by atoms with Crippen molar-refractivity contribution in [1.82, 2.24) is 10.2 Å². The van der Waals surface area contributed by atoms with Gasteiger partial charge in [-0.15, -0.1) is 0 Å². The fourth-order valence-corrected chi connectivity index (χ4v) is 2.38. The molecule has 0 spiro atoms. The molecule has 0 saturated carbocycles. The minimum Gasteiger partial charge on any atom is -0.376 e. The van der Waals surface area contributed by atoms with Crippen LogP contribution in [-0.4, -0.2) is 61.4 Å². The van der Waals surface area contributed by atoms with E-state index in [1.54, 1.807) is 4.90 Å². The maximum atomic E-state index is 12.1. The number of carbonyl (C=O) groups excluding carboxylic acids is 2. The first kappa shape index (κ1) is 14.1. The van der Waals surface area contributed by atoms with Crippen LogP contribution < -0.4 is 11.1 Å². The van der Waals surface area contributed by atoms with Crippen molar-refractivity contribution in [1.29, 1.82) is 0 Å². The first-order chi connectivity index (χ1) is 9.08. The van der Waals surface area contributed by atoms with Crippen molar-refractivity contribution < 1.29 is 19.1 Å². The molecule has 0 bridgehead atoms. The van der Waals surface area contributed by atoms with E-state index in [-0.39, 0.29) is 24.7 Å². The predicted octanol–water partition coefficient (Wildman–Crippen LogP) is -0.550. The molecule has 2 rings (SSSR count). The van der Waals surface area contributed by atoms with E-state index in [9.17, 15) is 9.59 Å². The van der Waals surface area contributed by atoms with E-state index in [0.717, 1.165) is 19.4 Å². The van der Waals surface area contributed by atoms with Gasteiger partial charge in [-0.1, -0.05) is 0 Å². The Bertz CT molecular complexity index is 344. The average molecular weight is 271 g/mol. The number of primary amides is 1. The molecule has 0 aromatic heterocycles. The van der Waals surface area contributed by atoms with Crippen LogP contribution in [0.25, 0.3) is 0 Å². The molecule has 2 heterocycles. The molecule has 108 valence electrons. The molecule has 3 atom stereocenters. The highest BCUT2D eigenvalue weighted by atomic mass is 16.5. The zero-order valence-corrected chi connectivity index (χ0v) is 11.1. The van der Waals surface area contributed by atoms with E-state index in [1.165, 1.54) is 0 Å². The Kier molecular flexibility index (Phi) is 4.60. The molecule has 0 radical (unpaired) electrons. The van der Waals surface area contributed by atoms with E-state index in [1.807, 2.05) is 6.92 Å². The van der Waals surface area contributed by atoms with Crippen LogP contribution in [0.4, 0.5) is 4.79 Å². The monoisotopic (exact) mass is 271 g/mol. The molecule has 7 nitrogen and oxygen atoms in total. The zero-order chi connectivity index (χ0) is 13.8. The lowest BCUT2D eigenvalue weighted by Gasteiger charge is -2.33. The number of urea groups is 1. The number of morpholine rings is 1. The maximum absolute atomic E-state index is 12.1. The van der Waals surface area contributed by atoms with Crippen LogP contribution in [0.2, 0.25) is 0 Å². The van der Waals surface area contributed by atoms with Gasteiger partial charge >= 0.3 is 6.03 Å². The molecule has 3 N–H and O–H groups in total. The fraction of sp³-hybridized carbons (Fsp3) is 0.833. The Morgan fingerprint density at radius 3 is 2.79 bits per heavy atom. The Labute approximate surface area is 112 Å². The fourth-order valence-electron chi connectivity index (χ4n) is 2.38. The van der Waals surface area contributed by atoms with Crippen LogP contribution in [0.3, 0.4) is 0 Å². The molecule has 3 unspecified atom stereocenters. The standard InChI is InChI=1S/C12H21N3O4/c1-8(9-3-2-5-18-9)14-12(17)15-4-6-19-10(7-15)11(13)16/h8-10H,2-7H2,1H3,(H2,13,16)(H,14,17). The van der Waals surface area contributed by atoms with E-state index < -0.39 is 12.0 Å². The number of nitrogens with zero attached hydrogens (tertiary/aromatic N) is 1. The van der Waals surface area contributed by atoms with Gasteiger partial charge in [-0.25, -0.2) is 4.79 Å². The van der Waals surface area contributed by atoms with E-state index in [2.05, 4.69) is 5.32 Å². The molecule has 7 heteroatoms. The van der Waals surface area contributed by atoms with Crippen LogP contribution in [0.1, 0.15) is 19.8 Å². The van der Waals surface area contributed by atoms with Gasteiger partial charge in [-0.3, -0.25) is 4.79 Å². The van der Waals surface area contributed by atoms with Crippen molar-refractivity contribution in [2.45, 2.75) is 38.0 Å². The smallest absolute Gasteiger partial charge is 0.317 e. The third-order valence-electron chi connectivity index (χ3n) is 3.54. The van der Waals surface area contributed by atoms with Crippen LogP contribution in [0, 0.1) is 0 Å². The zero-order valence-electron chi connectivity index (χ0n) is 11.1. The van der Waals surface area contributed by atoms with Crippen LogP contribution in [0.15, 0.2) is 0 Å². The number of hydrogen-bond donors (Lipinski definition) is 2. The Morgan fingerprint density at radius 1 is 1.37 bits per heavy atom. The highest BCUT2D eigenvalue weighted by Gasteiger charge is 2.30. The second-order valence-electron chi connectivity index (χ2n) is 5.00. The molecular formula is C12H21N3O4. The highest BCUT2D eigenvalue weighted by molar-refractivity contribution is 5.81. The Hall–Kier alpha value is -1.34. The van der Waals surface area contributed by atoms with E-state index >= 15 is 0 Å². The molecule has 2 saturated heterocycles. The van der Waals surface area contributed by atoms with E-state index in [4.69, 9.17) is 15.2 Å². The van der Waals surface area contributed by atoms with E-state index in [0.29, 0.717) is 13.2 Å². The summed E-state index contributed by atoms with van der Waals surface area (Å²) in [6, 6.07) is -0.234. The summed E-state index contributed by atoms with van der Waals surface area (Å²) in [7, 11) is 0. The van der Waals surface area contributed by atoms with Gasteiger partial charge in [0.25, 0.3) is 0 Å². The van der Waals surface area contributed by atoms with Gasteiger partial charge in [0.05, 0.1) is 25.3 Å². The van der Waals surface area contributed by atoms with Gasteiger partial charge in [0.1, 0.15) is 0 Å². The minimum absolute atomic E-state index is 0.0372. The quantitative estimate of drug-likeness (QED) is 0.720. The summed E-state index contributed by atoms with van der Waals surface area (Å²) in [5.41, 5.74) is 5.19. The SMILES string of the molecule is CC(NC(=O)N1CCOC(C(N)=O)C1)C1CCCO1. The minimum atomic E-state index is -0.711. The molecule has 2 aliphatic rings. The highest BCUT2D eigenvalue weighted by Crippen LogP contribution is 2.15. The van der Waals surface area contributed by atoms with Gasteiger partial charge in [-0.05, 0) is 19.8 Å². The first-order valence-electron chi connectivity index (χ1n) is 6.66. The number of carbonyl (C=O) groups is 2. The second kappa shape index (κ2) is 6.21. The summed E-state index contributed by atoms with van der Waals surface area (Å²) in [4.78, 5) is 24.7. The van der Waals surface area contributed by atoms with Crippen molar-refractivity contribution in [2.24, 2.45) is 5.73 Å². The molecule has 2 aliphatic heterocycles. The van der Waals surface area contributed by atoms with Gasteiger partial charge in [0.2, 0.25) is 5.91 Å². The van der Waals surface area contributed by atoms with Crippen LogP contribution in [0.5, 0.6) is 0 Å². The molecule has 3 amide bonds. The number of nitrogens with one attached hydrogen (secondary N) is 1. The largest absolute Gasteiger partial charge is 0.376 e. The summed E-state index contributed by atoms with van der Waals surface area (Å²) in [6.07, 6.45) is 1.37. The molecule has 2 fully saturated rings. The lowest BCUT2D eigenvalue weighted by atomic mass is 10.1. The van der Waals surface area contributed by atoms with Gasteiger partial charge in [-0.2, -0.15) is 0 Å². The normalized spacial score (nSPS) is 29.0. The van der Waals surface area contributed by atoms with Crippen molar-refractivity contribution in [3.8, 4) is 0 Å². The molecule has 19 heavy (non-hydrogen) atoms. The Balaban J connectivity index is 1.83. The first-order valence-corrected chi connectivity index (χ1v) is 6.66. The lowest BCUT2D eigenvalue weighted by molar-refractivity contribution is -0.133. The third-order valence-corrected chi connectivity index (χ3v) is 3.54. The summed E-state index contributed by atoms with van der Waals surface area (Å²) in [6.45, 7) is 3.69. The van der Waals surface area contributed by atoms with Crippen molar-refractivity contribution >= 4 is 11.9 Å². The van der Waals surface area contributed by atoms with Gasteiger partial charge in [0.15, 0.2) is 6.10 Å². The summed E-state index contributed by atoms with van der Waals surface area (Å²) in [5, 5.41) is 2.91. The summed E-state index contributed by atoms with van der Waals surface area (Å²) >= 11 is 0. The number of ether oxygens (including phenoxy) is 2. The number of nitrogens with two attached hydrogens (primary N) is 1. The summed E-state index contributed by atoms with van der Waals surface area (Å²) in [5.74, 6) is -0.537. The van der Waals surface area contributed by atoms with Crippen LogP contribution in [-0.2, 0) is 14.3 Å². The predicted molar refractivity (Wildman–Crippen MR) is 67.5 cm³/mol. The molecule has 0 aromatic carbocycles. The van der Waals surface area contributed by atoms with Crippen molar-refractivity contribution in [3.63, 3.8) is 0 Å². The number of amides is 3.